The molecular weight excluding hydrogens is 258 g/mol. The zero-order chi connectivity index (χ0) is 16.4. The number of aromatic hydroxyl groups is 1. The molecule has 1 N–H and O–H groups in total. The molecule has 0 spiro atoms. The van der Waals surface area contributed by atoms with Crippen LogP contribution in [0.1, 0.15) is 51.3 Å². The largest absolute Gasteiger partial charge is 0.508 e. The van der Waals surface area contributed by atoms with Crippen LogP contribution < -0.4 is 0 Å². The Morgan fingerprint density at radius 2 is 1.76 bits per heavy atom. The van der Waals surface area contributed by atoms with Gasteiger partial charge in [-0.3, -0.25) is 0 Å². The molecule has 2 aromatic rings. The second-order valence-corrected chi connectivity index (χ2v) is 3.80. The SMILES string of the molecule is C#Cc1c(C#N)ccc2cc(O)cc(CC)c12.CC.CC. The van der Waals surface area contributed by atoms with Gasteiger partial charge in [0.1, 0.15) is 11.8 Å². The number of terminal acetylenes is 1. The number of hydrogen-bond donors (Lipinski definition) is 1. The van der Waals surface area contributed by atoms with E-state index in [1.54, 1.807) is 18.2 Å². The normalized spacial score (nSPS) is 8.52. The molecule has 0 atom stereocenters. The molecule has 0 bridgehead atoms. The number of nitrogens with zero attached hydrogens (tertiary/aromatic N) is 1. The number of rotatable bonds is 1. The standard InChI is InChI=1S/C15H11NO.2C2H6/c1-3-10-7-13(17)8-11-5-6-12(9-16)14(4-2)15(10)11;2*1-2/h2,5-8,17H,3H2,1H3;2*1-2H3. The Balaban J connectivity index is 0.000000921. The maximum absolute atomic E-state index is 9.62. The third kappa shape index (κ3) is 4.01. The molecule has 0 saturated carbocycles. The molecule has 110 valence electrons. The number of phenols is 1. The van der Waals surface area contributed by atoms with E-state index in [1.165, 1.54) is 0 Å². The fourth-order valence-corrected chi connectivity index (χ4v) is 2.06. The average Bonchev–Trinajstić information content (AvgIpc) is 2.56. The van der Waals surface area contributed by atoms with Gasteiger partial charge in [0, 0.05) is 5.39 Å². The lowest BCUT2D eigenvalue weighted by Gasteiger charge is -2.09. The van der Waals surface area contributed by atoms with Crippen LogP contribution >= 0.6 is 0 Å². The third-order valence-electron chi connectivity index (χ3n) is 2.83. The van der Waals surface area contributed by atoms with Gasteiger partial charge < -0.3 is 5.11 Å². The molecule has 0 saturated heterocycles. The topological polar surface area (TPSA) is 44.0 Å². The minimum atomic E-state index is 0.224. The van der Waals surface area contributed by atoms with Crippen LogP contribution in [0, 0.1) is 23.7 Å². The van der Waals surface area contributed by atoms with Gasteiger partial charge in [0.25, 0.3) is 0 Å². The van der Waals surface area contributed by atoms with E-state index in [-0.39, 0.29) is 5.75 Å². The van der Waals surface area contributed by atoms with Crippen LogP contribution in [0.15, 0.2) is 24.3 Å². The van der Waals surface area contributed by atoms with Crippen molar-refractivity contribution >= 4 is 10.8 Å². The van der Waals surface area contributed by atoms with Crippen molar-refractivity contribution in [2.24, 2.45) is 0 Å². The van der Waals surface area contributed by atoms with Crippen molar-refractivity contribution < 1.29 is 5.11 Å². The van der Waals surface area contributed by atoms with Gasteiger partial charge >= 0.3 is 0 Å². The fraction of sp³-hybridized carbons (Fsp3) is 0.316. The molecule has 2 aromatic carbocycles. The van der Waals surface area contributed by atoms with Crippen molar-refractivity contribution in [2.75, 3.05) is 0 Å². The van der Waals surface area contributed by atoms with Crippen LogP contribution in [0.25, 0.3) is 10.8 Å². The molecule has 21 heavy (non-hydrogen) atoms. The highest BCUT2D eigenvalue weighted by molar-refractivity contribution is 5.94. The summed E-state index contributed by atoms with van der Waals surface area (Å²) in [6, 6.07) is 8.97. The van der Waals surface area contributed by atoms with Crippen molar-refractivity contribution in [3.63, 3.8) is 0 Å². The number of nitriles is 1. The highest BCUT2D eigenvalue weighted by atomic mass is 16.3. The summed E-state index contributed by atoms with van der Waals surface area (Å²) in [5.41, 5.74) is 2.08. The van der Waals surface area contributed by atoms with Crippen molar-refractivity contribution in [3.8, 4) is 24.2 Å². The summed E-state index contributed by atoms with van der Waals surface area (Å²) < 4.78 is 0. The lowest BCUT2D eigenvalue weighted by atomic mass is 9.94. The van der Waals surface area contributed by atoms with Crippen LogP contribution in [0.5, 0.6) is 5.75 Å². The van der Waals surface area contributed by atoms with Crippen LogP contribution in [-0.4, -0.2) is 5.11 Å². The highest BCUT2D eigenvalue weighted by Gasteiger charge is 2.10. The Bertz CT molecular complexity index is 672. The summed E-state index contributed by atoms with van der Waals surface area (Å²) in [7, 11) is 0. The van der Waals surface area contributed by atoms with E-state index in [0.29, 0.717) is 11.1 Å². The van der Waals surface area contributed by atoms with Crippen LogP contribution in [-0.2, 0) is 6.42 Å². The highest BCUT2D eigenvalue weighted by Crippen LogP contribution is 2.29. The molecule has 2 rings (SSSR count). The van der Waals surface area contributed by atoms with E-state index in [2.05, 4.69) is 12.0 Å². The summed E-state index contributed by atoms with van der Waals surface area (Å²) in [5.74, 6) is 2.80. The van der Waals surface area contributed by atoms with E-state index in [4.69, 9.17) is 11.7 Å². The molecule has 0 aliphatic rings. The smallest absolute Gasteiger partial charge is 0.116 e. The fourth-order valence-electron chi connectivity index (χ4n) is 2.06. The molecule has 0 aliphatic heterocycles. The summed E-state index contributed by atoms with van der Waals surface area (Å²) >= 11 is 0. The number of hydrogen-bond acceptors (Lipinski definition) is 2. The predicted octanol–water partition coefficient (Wildman–Crippen LogP) is 5.01. The molecule has 0 heterocycles. The second kappa shape index (κ2) is 9.45. The molecule has 2 heteroatoms. The molecular formula is C19H23NO. The van der Waals surface area contributed by atoms with E-state index < -0.39 is 0 Å². The maximum atomic E-state index is 9.62. The number of fused-ring (bicyclic) bond motifs is 1. The minimum absolute atomic E-state index is 0.224. The van der Waals surface area contributed by atoms with E-state index in [0.717, 1.165) is 22.8 Å². The van der Waals surface area contributed by atoms with Crippen LogP contribution in [0.4, 0.5) is 0 Å². The summed E-state index contributed by atoms with van der Waals surface area (Å²) in [6.07, 6.45) is 6.25. The molecule has 0 unspecified atom stereocenters. The van der Waals surface area contributed by atoms with Crippen molar-refractivity contribution in [1.29, 1.82) is 5.26 Å². The number of phenolic OH excluding ortho intramolecular Hbond substituents is 1. The first kappa shape index (κ1) is 18.6. The van der Waals surface area contributed by atoms with Crippen molar-refractivity contribution in [1.82, 2.24) is 0 Å². The number of benzene rings is 2. The molecule has 0 radical (unpaired) electrons. The van der Waals surface area contributed by atoms with E-state index >= 15 is 0 Å². The second-order valence-electron chi connectivity index (χ2n) is 3.80. The Labute approximate surface area is 128 Å². The molecule has 0 aliphatic carbocycles. The average molecular weight is 281 g/mol. The summed E-state index contributed by atoms with van der Waals surface area (Å²) in [5, 5.41) is 20.4. The van der Waals surface area contributed by atoms with Gasteiger partial charge in [-0.15, -0.1) is 6.42 Å². The third-order valence-corrected chi connectivity index (χ3v) is 2.83. The van der Waals surface area contributed by atoms with Crippen LogP contribution in [0.2, 0.25) is 0 Å². The van der Waals surface area contributed by atoms with Gasteiger partial charge in [0.05, 0.1) is 11.1 Å². The molecule has 0 aromatic heterocycles. The first-order valence-corrected chi connectivity index (χ1v) is 7.36. The van der Waals surface area contributed by atoms with Gasteiger partial charge in [-0.05, 0) is 35.6 Å². The van der Waals surface area contributed by atoms with Crippen molar-refractivity contribution in [3.05, 3.63) is 41.0 Å². The quantitative estimate of drug-likeness (QED) is 0.746. The van der Waals surface area contributed by atoms with E-state index in [1.807, 2.05) is 40.7 Å². The van der Waals surface area contributed by atoms with Crippen LogP contribution in [0.3, 0.4) is 0 Å². The van der Waals surface area contributed by atoms with Gasteiger partial charge in [0.2, 0.25) is 0 Å². The number of aryl methyl sites for hydroxylation is 1. The maximum Gasteiger partial charge on any atom is 0.116 e. The lowest BCUT2D eigenvalue weighted by Crippen LogP contribution is -1.91. The molecule has 2 nitrogen and oxygen atoms in total. The summed E-state index contributed by atoms with van der Waals surface area (Å²) in [4.78, 5) is 0. The molecule has 0 fully saturated rings. The Kier molecular flexibility index (Phi) is 8.35. The molecule has 0 amide bonds. The Morgan fingerprint density at radius 1 is 1.14 bits per heavy atom. The summed E-state index contributed by atoms with van der Waals surface area (Å²) in [6.45, 7) is 9.99. The monoisotopic (exact) mass is 281 g/mol. The van der Waals surface area contributed by atoms with E-state index in [9.17, 15) is 5.11 Å². The lowest BCUT2D eigenvalue weighted by molar-refractivity contribution is 0.475. The zero-order valence-corrected chi connectivity index (χ0v) is 13.5. The van der Waals surface area contributed by atoms with Gasteiger partial charge in [-0.2, -0.15) is 5.26 Å². The van der Waals surface area contributed by atoms with Gasteiger partial charge in [-0.1, -0.05) is 46.6 Å². The first-order valence-electron chi connectivity index (χ1n) is 7.36. The van der Waals surface area contributed by atoms with Gasteiger partial charge in [-0.25, -0.2) is 0 Å². The Morgan fingerprint density at radius 3 is 2.24 bits per heavy atom. The minimum Gasteiger partial charge on any atom is -0.508 e. The van der Waals surface area contributed by atoms with Crippen molar-refractivity contribution in [2.45, 2.75) is 41.0 Å². The van der Waals surface area contributed by atoms with Gasteiger partial charge in [0.15, 0.2) is 0 Å². The Hall–Kier alpha value is -2.45. The predicted molar refractivity (Wildman–Crippen MR) is 90.3 cm³/mol. The first-order chi connectivity index (χ1) is 10.2. The zero-order valence-electron chi connectivity index (χ0n) is 13.5.